The Morgan fingerprint density at radius 1 is 1.00 bits per heavy atom. The normalized spacial score (nSPS) is 11.1. The van der Waals surface area contributed by atoms with Gasteiger partial charge in [-0.1, -0.05) is 18.2 Å². The van der Waals surface area contributed by atoms with Gasteiger partial charge in [0.2, 0.25) is 0 Å². The molecule has 2 rings (SSSR count). The lowest BCUT2D eigenvalue weighted by Crippen LogP contribution is -2.15. The molecule has 0 aliphatic rings. The summed E-state index contributed by atoms with van der Waals surface area (Å²) < 4.78 is 33.0. The highest BCUT2D eigenvalue weighted by atomic mass is 19.3. The van der Waals surface area contributed by atoms with Crippen molar-refractivity contribution in [3.8, 4) is 11.5 Å². The van der Waals surface area contributed by atoms with Gasteiger partial charge in [-0.3, -0.25) is 4.79 Å². The summed E-state index contributed by atoms with van der Waals surface area (Å²) in [6.07, 6.45) is -1.30. The molecule has 0 aromatic heterocycles. The van der Waals surface area contributed by atoms with E-state index in [0.717, 1.165) is 0 Å². The van der Waals surface area contributed by atoms with E-state index in [1.807, 2.05) is 18.2 Å². The van der Waals surface area contributed by atoms with Crippen molar-refractivity contribution in [2.75, 3.05) is 0 Å². The maximum absolute atomic E-state index is 13.8. The zero-order chi connectivity index (χ0) is 15.3. The van der Waals surface area contributed by atoms with Crippen LogP contribution in [0.3, 0.4) is 0 Å². The van der Waals surface area contributed by atoms with Crippen molar-refractivity contribution in [3.05, 3.63) is 60.2 Å². The zero-order valence-corrected chi connectivity index (χ0v) is 11.1. The Morgan fingerprint density at radius 3 is 2.14 bits per heavy atom. The van der Waals surface area contributed by atoms with E-state index < -0.39 is 24.7 Å². The van der Waals surface area contributed by atoms with Crippen LogP contribution in [0.2, 0.25) is 0 Å². The molecular weight excluding hydrogens is 278 g/mol. The molecule has 0 heterocycles. The predicted molar refractivity (Wildman–Crippen MR) is 73.7 cm³/mol. The van der Waals surface area contributed by atoms with Gasteiger partial charge in [0.05, 0.1) is 6.42 Å². The van der Waals surface area contributed by atoms with Crippen LogP contribution in [0.1, 0.15) is 18.4 Å². The minimum atomic E-state index is -3.16. The molecule has 2 aromatic rings. The third-order valence-electron chi connectivity index (χ3n) is 2.91. The first-order valence-corrected chi connectivity index (χ1v) is 6.40. The fraction of sp³-hybridized carbons (Fsp3) is 0.188. The molecule has 3 nitrogen and oxygen atoms in total. The van der Waals surface area contributed by atoms with Crippen LogP contribution in [0.4, 0.5) is 8.78 Å². The van der Waals surface area contributed by atoms with Crippen molar-refractivity contribution in [3.63, 3.8) is 0 Å². The molecular formula is C16H14F2O3. The van der Waals surface area contributed by atoms with Gasteiger partial charge < -0.3 is 9.84 Å². The third-order valence-corrected chi connectivity index (χ3v) is 2.91. The minimum absolute atomic E-state index is 0.218. The summed E-state index contributed by atoms with van der Waals surface area (Å²) in [5.41, 5.74) is -0.218. The smallest absolute Gasteiger partial charge is 0.303 e. The number of rotatable bonds is 6. The fourth-order valence-electron chi connectivity index (χ4n) is 1.80. The summed E-state index contributed by atoms with van der Waals surface area (Å²) in [5, 5.41) is 8.48. The first kappa shape index (κ1) is 15.0. The van der Waals surface area contributed by atoms with E-state index in [2.05, 4.69) is 0 Å². The van der Waals surface area contributed by atoms with E-state index in [9.17, 15) is 13.6 Å². The van der Waals surface area contributed by atoms with Gasteiger partial charge >= 0.3 is 5.97 Å². The van der Waals surface area contributed by atoms with Gasteiger partial charge in [-0.05, 0) is 36.4 Å². The van der Waals surface area contributed by atoms with Gasteiger partial charge in [-0.15, -0.1) is 0 Å². The van der Waals surface area contributed by atoms with Crippen LogP contribution in [0.15, 0.2) is 54.6 Å². The maximum atomic E-state index is 13.8. The van der Waals surface area contributed by atoms with Crippen molar-refractivity contribution in [2.45, 2.75) is 18.8 Å². The summed E-state index contributed by atoms with van der Waals surface area (Å²) in [6, 6.07) is 14.4. The summed E-state index contributed by atoms with van der Waals surface area (Å²) >= 11 is 0. The lowest BCUT2D eigenvalue weighted by molar-refractivity contribution is -0.139. The summed E-state index contributed by atoms with van der Waals surface area (Å²) in [5.74, 6) is -3.34. The van der Waals surface area contributed by atoms with Crippen LogP contribution < -0.4 is 4.74 Å². The zero-order valence-electron chi connectivity index (χ0n) is 11.1. The fourth-order valence-corrected chi connectivity index (χ4v) is 1.80. The van der Waals surface area contributed by atoms with Gasteiger partial charge in [0.25, 0.3) is 5.92 Å². The van der Waals surface area contributed by atoms with E-state index in [0.29, 0.717) is 11.5 Å². The molecule has 5 heteroatoms. The number of hydrogen-bond donors (Lipinski definition) is 1. The minimum Gasteiger partial charge on any atom is -0.481 e. The average Bonchev–Trinajstić information content (AvgIpc) is 2.47. The standard InChI is InChI=1S/C16H14F2O3/c17-16(18,11-10-15(19)20)12-6-8-14(9-7-12)21-13-4-2-1-3-5-13/h1-9H,10-11H2,(H,19,20). The molecule has 0 amide bonds. The van der Waals surface area contributed by atoms with Crippen molar-refractivity contribution in [1.29, 1.82) is 0 Å². The highest BCUT2D eigenvalue weighted by Crippen LogP contribution is 2.34. The first-order chi connectivity index (χ1) is 9.97. The summed E-state index contributed by atoms with van der Waals surface area (Å²) in [7, 11) is 0. The molecule has 0 aliphatic carbocycles. The highest BCUT2D eigenvalue weighted by molar-refractivity contribution is 5.66. The third kappa shape index (κ3) is 4.27. The molecule has 0 aliphatic heterocycles. The Hall–Kier alpha value is -2.43. The Kier molecular flexibility index (Phi) is 4.52. The molecule has 2 aromatic carbocycles. The predicted octanol–water partition coefficient (Wildman–Crippen LogP) is 4.44. The largest absolute Gasteiger partial charge is 0.481 e. The number of carboxylic acids is 1. The molecule has 1 N–H and O–H groups in total. The molecule has 0 bridgehead atoms. The molecule has 0 radical (unpaired) electrons. The van der Waals surface area contributed by atoms with Gasteiger partial charge in [0.1, 0.15) is 11.5 Å². The Balaban J connectivity index is 2.06. The Bertz CT molecular complexity index is 595. The number of ether oxygens (including phenoxy) is 1. The van der Waals surface area contributed by atoms with Crippen molar-refractivity contribution < 1.29 is 23.4 Å². The van der Waals surface area contributed by atoms with Crippen molar-refractivity contribution in [2.24, 2.45) is 0 Å². The number of hydrogen-bond acceptors (Lipinski definition) is 2. The molecule has 0 atom stereocenters. The van der Waals surface area contributed by atoms with Crippen LogP contribution in [0.25, 0.3) is 0 Å². The molecule has 0 fully saturated rings. The van der Waals surface area contributed by atoms with E-state index >= 15 is 0 Å². The monoisotopic (exact) mass is 292 g/mol. The number of benzene rings is 2. The molecule has 0 spiro atoms. The molecule has 0 unspecified atom stereocenters. The molecule has 21 heavy (non-hydrogen) atoms. The number of halogens is 2. The highest BCUT2D eigenvalue weighted by Gasteiger charge is 2.31. The topological polar surface area (TPSA) is 46.5 Å². The molecule has 0 saturated heterocycles. The maximum Gasteiger partial charge on any atom is 0.303 e. The van der Waals surface area contributed by atoms with Crippen molar-refractivity contribution >= 4 is 5.97 Å². The Labute approximate surface area is 120 Å². The van der Waals surface area contributed by atoms with E-state index in [4.69, 9.17) is 9.84 Å². The average molecular weight is 292 g/mol. The number of aliphatic carboxylic acids is 1. The molecule has 0 saturated carbocycles. The van der Waals surface area contributed by atoms with Crippen LogP contribution >= 0.6 is 0 Å². The quantitative estimate of drug-likeness (QED) is 0.856. The lowest BCUT2D eigenvalue weighted by Gasteiger charge is -2.16. The lowest BCUT2D eigenvalue weighted by atomic mass is 10.0. The second-order valence-electron chi connectivity index (χ2n) is 4.54. The van der Waals surface area contributed by atoms with E-state index in [1.54, 1.807) is 12.1 Å². The van der Waals surface area contributed by atoms with E-state index in [1.165, 1.54) is 24.3 Å². The van der Waals surface area contributed by atoms with Crippen LogP contribution in [0.5, 0.6) is 11.5 Å². The van der Waals surface area contributed by atoms with Crippen molar-refractivity contribution in [1.82, 2.24) is 0 Å². The van der Waals surface area contributed by atoms with Crippen LogP contribution in [-0.2, 0) is 10.7 Å². The SMILES string of the molecule is O=C(O)CCC(F)(F)c1ccc(Oc2ccccc2)cc1. The Morgan fingerprint density at radius 2 is 1.57 bits per heavy atom. The van der Waals surface area contributed by atoms with E-state index in [-0.39, 0.29) is 5.56 Å². The number of carboxylic acid groups (broad SMARTS) is 1. The number of carbonyl (C=O) groups is 1. The molecule has 110 valence electrons. The summed E-state index contributed by atoms with van der Waals surface area (Å²) in [4.78, 5) is 10.4. The van der Waals surface area contributed by atoms with Crippen LogP contribution in [0, 0.1) is 0 Å². The van der Waals surface area contributed by atoms with Gasteiger partial charge in [0, 0.05) is 12.0 Å². The van der Waals surface area contributed by atoms with Gasteiger partial charge in [-0.25, -0.2) is 8.78 Å². The second-order valence-corrected chi connectivity index (χ2v) is 4.54. The summed E-state index contributed by atoms with van der Waals surface area (Å²) in [6.45, 7) is 0. The van der Waals surface area contributed by atoms with Gasteiger partial charge in [0.15, 0.2) is 0 Å². The number of para-hydroxylation sites is 1. The van der Waals surface area contributed by atoms with Gasteiger partial charge in [-0.2, -0.15) is 0 Å². The second kappa shape index (κ2) is 6.35. The number of alkyl halides is 2. The first-order valence-electron chi connectivity index (χ1n) is 6.40. The van der Waals surface area contributed by atoms with Crippen LogP contribution in [-0.4, -0.2) is 11.1 Å².